The lowest BCUT2D eigenvalue weighted by atomic mass is 10.3. The van der Waals surface area contributed by atoms with Crippen molar-refractivity contribution >= 4 is 23.8 Å². The Balaban J connectivity index is 2.00. The van der Waals surface area contributed by atoms with Crippen molar-refractivity contribution in [3.05, 3.63) is 18.0 Å². The molecule has 2 heterocycles. The van der Waals surface area contributed by atoms with Gasteiger partial charge in [-0.1, -0.05) is 0 Å². The Morgan fingerprint density at radius 2 is 2.37 bits per heavy atom. The molecule has 0 aliphatic carbocycles. The van der Waals surface area contributed by atoms with E-state index >= 15 is 0 Å². The van der Waals surface area contributed by atoms with Gasteiger partial charge in [0.1, 0.15) is 6.04 Å². The van der Waals surface area contributed by atoms with Crippen molar-refractivity contribution in [2.45, 2.75) is 12.6 Å². The second-order valence-electron chi connectivity index (χ2n) is 4.48. The van der Waals surface area contributed by atoms with Gasteiger partial charge < -0.3 is 14.9 Å². The van der Waals surface area contributed by atoms with Gasteiger partial charge in [-0.05, 0) is 0 Å². The number of carboxylic acid groups (broad SMARTS) is 1. The van der Waals surface area contributed by atoms with Crippen molar-refractivity contribution in [1.82, 2.24) is 19.6 Å². The summed E-state index contributed by atoms with van der Waals surface area (Å²) < 4.78 is 1.67. The standard InChI is InChI=1S/C11H16N4O3S/c1-13(4-8-3-12-14(2)5-8)11(18)15-7-19-6-9(15)10(16)17/h3,5,9H,4,6-7H2,1-2H3,(H,16,17). The first-order valence-electron chi connectivity index (χ1n) is 5.79. The predicted octanol–water partition coefficient (Wildman–Crippen LogP) is 0.431. The summed E-state index contributed by atoms with van der Waals surface area (Å²) >= 11 is 1.46. The predicted molar refractivity (Wildman–Crippen MR) is 70.7 cm³/mol. The zero-order chi connectivity index (χ0) is 14.0. The number of hydrogen-bond acceptors (Lipinski definition) is 4. The van der Waals surface area contributed by atoms with E-state index in [1.165, 1.54) is 21.6 Å². The van der Waals surface area contributed by atoms with Crippen LogP contribution < -0.4 is 0 Å². The number of aryl methyl sites for hydroxylation is 1. The van der Waals surface area contributed by atoms with Crippen LogP contribution in [0.2, 0.25) is 0 Å². The van der Waals surface area contributed by atoms with Crippen molar-refractivity contribution in [2.75, 3.05) is 18.7 Å². The Morgan fingerprint density at radius 1 is 1.63 bits per heavy atom. The van der Waals surface area contributed by atoms with Gasteiger partial charge in [0.05, 0.1) is 18.6 Å². The zero-order valence-corrected chi connectivity index (χ0v) is 11.6. The van der Waals surface area contributed by atoms with E-state index in [1.807, 2.05) is 13.2 Å². The first-order valence-corrected chi connectivity index (χ1v) is 6.94. The fourth-order valence-electron chi connectivity index (χ4n) is 1.95. The van der Waals surface area contributed by atoms with Crippen LogP contribution >= 0.6 is 11.8 Å². The van der Waals surface area contributed by atoms with Crippen LogP contribution in [0.1, 0.15) is 5.56 Å². The minimum atomic E-state index is -0.951. The topological polar surface area (TPSA) is 78.7 Å². The van der Waals surface area contributed by atoms with Crippen molar-refractivity contribution in [2.24, 2.45) is 7.05 Å². The molecule has 0 bridgehead atoms. The van der Waals surface area contributed by atoms with Crippen LogP contribution in [-0.4, -0.2) is 61.4 Å². The molecule has 2 amide bonds. The average molecular weight is 284 g/mol. The third-order valence-corrected chi connectivity index (χ3v) is 3.93. The summed E-state index contributed by atoms with van der Waals surface area (Å²) in [5, 5.41) is 13.1. The number of aromatic nitrogens is 2. The molecule has 2 rings (SSSR count). The Morgan fingerprint density at radius 3 is 2.95 bits per heavy atom. The van der Waals surface area contributed by atoms with E-state index in [0.29, 0.717) is 18.2 Å². The molecule has 1 N–H and O–H groups in total. The fraction of sp³-hybridized carbons (Fsp3) is 0.545. The summed E-state index contributed by atoms with van der Waals surface area (Å²) in [5.74, 6) is -0.0808. The number of thioether (sulfide) groups is 1. The van der Waals surface area contributed by atoms with E-state index in [9.17, 15) is 9.59 Å². The van der Waals surface area contributed by atoms with Crippen molar-refractivity contribution in [3.63, 3.8) is 0 Å². The van der Waals surface area contributed by atoms with Gasteiger partial charge in [-0.15, -0.1) is 11.8 Å². The van der Waals surface area contributed by atoms with Gasteiger partial charge in [0, 0.05) is 31.6 Å². The van der Waals surface area contributed by atoms with Gasteiger partial charge >= 0.3 is 12.0 Å². The molecule has 1 fully saturated rings. The Kier molecular flexibility index (Phi) is 3.98. The van der Waals surface area contributed by atoms with Gasteiger partial charge in [-0.25, -0.2) is 9.59 Å². The SMILES string of the molecule is CN(Cc1cnn(C)c1)C(=O)N1CSCC1C(=O)O. The van der Waals surface area contributed by atoms with Crippen LogP contribution in [0.25, 0.3) is 0 Å². The maximum Gasteiger partial charge on any atom is 0.327 e. The van der Waals surface area contributed by atoms with Crippen molar-refractivity contribution < 1.29 is 14.7 Å². The summed E-state index contributed by atoms with van der Waals surface area (Å²) in [7, 11) is 3.47. The third-order valence-electron chi connectivity index (χ3n) is 2.92. The monoisotopic (exact) mass is 284 g/mol. The van der Waals surface area contributed by atoms with Crippen LogP contribution in [0.15, 0.2) is 12.4 Å². The number of nitrogens with zero attached hydrogens (tertiary/aromatic N) is 4. The van der Waals surface area contributed by atoms with Gasteiger partial charge in [0.25, 0.3) is 0 Å². The molecule has 7 nitrogen and oxygen atoms in total. The maximum absolute atomic E-state index is 12.2. The second kappa shape index (κ2) is 5.52. The Labute approximate surface area is 115 Å². The highest BCUT2D eigenvalue weighted by atomic mass is 32.2. The van der Waals surface area contributed by atoms with E-state index in [-0.39, 0.29) is 6.03 Å². The fourth-order valence-corrected chi connectivity index (χ4v) is 3.09. The molecule has 1 aromatic rings. The molecule has 19 heavy (non-hydrogen) atoms. The van der Waals surface area contributed by atoms with E-state index < -0.39 is 12.0 Å². The van der Waals surface area contributed by atoms with Crippen LogP contribution in [0.5, 0.6) is 0 Å². The molecule has 1 atom stereocenters. The summed E-state index contributed by atoms with van der Waals surface area (Å²) in [6.07, 6.45) is 3.52. The van der Waals surface area contributed by atoms with E-state index in [1.54, 1.807) is 17.9 Å². The number of hydrogen-bond donors (Lipinski definition) is 1. The van der Waals surface area contributed by atoms with Gasteiger partial charge in [-0.3, -0.25) is 4.68 Å². The highest BCUT2D eigenvalue weighted by molar-refractivity contribution is 7.99. The molecule has 8 heteroatoms. The smallest absolute Gasteiger partial charge is 0.327 e. The zero-order valence-electron chi connectivity index (χ0n) is 10.8. The van der Waals surface area contributed by atoms with Gasteiger partial charge in [0.15, 0.2) is 0 Å². The average Bonchev–Trinajstić information content (AvgIpc) is 2.97. The van der Waals surface area contributed by atoms with Crippen LogP contribution in [0.4, 0.5) is 4.79 Å². The van der Waals surface area contributed by atoms with Crippen LogP contribution in [0.3, 0.4) is 0 Å². The number of amides is 2. The number of rotatable bonds is 3. The summed E-state index contributed by atoms with van der Waals surface area (Å²) in [6, 6.07) is -0.991. The number of carbonyl (C=O) groups excluding carboxylic acids is 1. The van der Waals surface area contributed by atoms with E-state index in [2.05, 4.69) is 5.10 Å². The largest absolute Gasteiger partial charge is 0.480 e. The maximum atomic E-state index is 12.2. The van der Waals surface area contributed by atoms with Gasteiger partial charge in [0.2, 0.25) is 0 Å². The first-order chi connectivity index (χ1) is 8.99. The van der Waals surface area contributed by atoms with Crippen LogP contribution in [-0.2, 0) is 18.4 Å². The quantitative estimate of drug-likeness (QED) is 0.871. The molecule has 1 aromatic heterocycles. The molecule has 1 aliphatic rings. The lowest BCUT2D eigenvalue weighted by Crippen LogP contribution is -2.47. The van der Waals surface area contributed by atoms with E-state index in [0.717, 1.165) is 5.56 Å². The summed E-state index contributed by atoms with van der Waals surface area (Å²) in [6.45, 7) is 0.417. The number of carbonyl (C=O) groups is 2. The van der Waals surface area contributed by atoms with Gasteiger partial charge in [-0.2, -0.15) is 5.10 Å². The second-order valence-corrected chi connectivity index (χ2v) is 5.48. The molecule has 1 saturated heterocycles. The first kappa shape index (κ1) is 13.7. The number of carboxylic acids is 1. The molecule has 104 valence electrons. The summed E-state index contributed by atoms with van der Waals surface area (Å²) in [5.41, 5.74) is 0.914. The molecular weight excluding hydrogens is 268 g/mol. The Bertz CT molecular complexity index is 490. The number of aliphatic carboxylic acids is 1. The molecule has 0 spiro atoms. The summed E-state index contributed by atoms with van der Waals surface area (Å²) in [4.78, 5) is 26.2. The van der Waals surface area contributed by atoms with Crippen LogP contribution in [0, 0.1) is 0 Å². The lowest BCUT2D eigenvalue weighted by molar-refractivity contribution is -0.140. The van der Waals surface area contributed by atoms with Crippen molar-refractivity contribution in [1.29, 1.82) is 0 Å². The lowest BCUT2D eigenvalue weighted by Gasteiger charge is -2.26. The molecule has 0 saturated carbocycles. The minimum absolute atomic E-state index is 0.263. The molecular formula is C11H16N4O3S. The highest BCUT2D eigenvalue weighted by Gasteiger charge is 2.35. The van der Waals surface area contributed by atoms with E-state index in [4.69, 9.17) is 5.11 Å². The normalized spacial score (nSPS) is 18.6. The molecule has 1 aliphatic heterocycles. The third kappa shape index (κ3) is 3.01. The molecule has 0 aromatic carbocycles. The highest BCUT2D eigenvalue weighted by Crippen LogP contribution is 2.22. The molecule has 1 unspecified atom stereocenters. The van der Waals surface area contributed by atoms with Crippen molar-refractivity contribution in [3.8, 4) is 0 Å². The number of urea groups is 1. The molecule has 0 radical (unpaired) electrons. The minimum Gasteiger partial charge on any atom is -0.480 e. The Hall–Kier alpha value is -1.70.